The second-order valence-electron chi connectivity index (χ2n) is 6.10. The minimum atomic E-state index is -0.138. The molecule has 2 heterocycles. The summed E-state index contributed by atoms with van der Waals surface area (Å²) in [6.07, 6.45) is 0. The second-order valence-corrected chi connectivity index (χ2v) is 7.35. The molecule has 3 rings (SSSR count). The number of anilines is 2. The fraction of sp³-hybridized carbons (Fsp3) is 0.300. The maximum absolute atomic E-state index is 12.8. The summed E-state index contributed by atoms with van der Waals surface area (Å²) in [5.41, 5.74) is 3.24. The van der Waals surface area contributed by atoms with E-state index in [2.05, 4.69) is 29.2 Å². The topological polar surface area (TPSA) is 58.4 Å². The van der Waals surface area contributed by atoms with E-state index in [0.717, 1.165) is 40.0 Å². The van der Waals surface area contributed by atoms with Gasteiger partial charge in [-0.2, -0.15) is 0 Å². The van der Waals surface area contributed by atoms with Crippen molar-refractivity contribution in [2.75, 3.05) is 23.3 Å². The van der Waals surface area contributed by atoms with Crippen molar-refractivity contribution < 1.29 is 9.32 Å². The highest BCUT2D eigenvalue weighted by atomic mass is 32.1. The van der Waals surface area contributed by atoms with Gasteiger partial charge in [-0.15, -0.1) is 11.3 Å². The van der Waals surface area contributed by atoms with Crippen LogP contribution in [-0.2, 0) is 0 Å². The number of nitrogens with zero attached hydrogens (tertiary/aromatic N) is 2. The lowest BCUT2D eigenvalue weighted by atomic mass is 10.1. The van der Waals surface area contributed by atoms with E-state index in [1.165, 1.54) is 0 Å². The van der Waals surface area contributed by atoms with E-state index in [-0.39, 0.29) is 5.91 Å². The van der Waals surface area contributed by atoms with E-state index < -0.39 is 0 Å². The molecule has 0 aliphatic rings. The predicted octanol–water partition coefficient (Wildman–Crippen LogP) is 5.12. The van der Waals surface area contributed by atoms with E-state index >= 15 is 0 Å². The van der Waals surface area contributed by atoms with E-state index in [9.17, 15) is 4.79 Å². The van der Waals surface area contributed by atoms with Crippen LogP contribution in [0.2, 0.25) is 0 Å². The molecule has 0 unspecified atom stereocenters. The summed E-state index contributed by atoms with van der Waals surface area (Å²) in [5.74, 6) is 0.588. The van der Waals surface area contributed by atoms with Crippen molar-refractivity contribution in [2.45, 2.75) is 27.7 Å². The Kier molecular flexibility index (Phi) is 5.42. The number of hydrogen-bond acceptors (Lipinski definition) is 5. The molecule has 1 N–H and O–H groups in total. The van der Waals surface area contributed by atoms with Gasteiger partial charge in [0.05, 0.1) is 10.4 Å². The number of hydrogen-bond donors (Lipinski definition) is 1. The number of nitrogens with one attached hydrogen (secondary N) is 1. The lowest BCUT2D eigenvalue weighted by molar-refractivity contribution is 0.102. The zero-order chi connectivity index (χ0) is 18.7. The maximum Gasteiger partial charge on any atom is 0.257 e. The molecule has 0 aliphatic heterocycles. The van der Waals surface area contributed by atoms with Crippen LogP contribution in [-0.4, -0.2) is 24.2 Å². The van der Waals surface area contributed by atoms with Gasteiger partial charge < -0.3 is 14.7 Å². The monoisotopic (exact) mass is 369 g/mol. The summed E-state index contributed by atoms with van der Waals surface area (Å²) < 4.78 is 5.16. The molecular formula is C20H23N3O2S. The Balaban J connectivity index is 1.81. The van der Waals surface area contributed by atoms with Crippen LogP contribution < -0.4 is 10.2 Å². The van der Waals surface area contributed by atoms with Crippen LogP contribution in [0, 0.1) is 13.8 Å². The van der Waals surface area contributed by atoms with E-state index in [4.69, 9.17) is 4.52 Å². The van der Waals surface area contributed by atoms with Gasteiger partial charge in [0.2, 0.25) is 0 Å². The van der Waals surface area contributed by atoms with Crippen molar-refractivity contribution in [3.63, 3.8) is 0 Å². The van der Waals surface area contributed by atoms with Crippen LogP contribution in [0.3, 0.4) is 0 Å². The lowest BCUT2D eigenvalue weighted by Gasteiger charge is -2.21. The van der Waals surface area contributed by atoms with Gasteiger partial charge in [0, 0.05) is 35.4 Å². The van der Waals surface area contributed by atoms with Crippen LogP contribution in [0.15, 0.2) is 40.9 Å². The molecule has 0 aliphatic carbocycles. The molecule has 1 aromatic carbocycles. The number of aryl methyl sites for hydroxylation is 2. The average Bonchev–Trinajstić information content (AvgIpc) is 3.23. The average molecular weight is 369 g/mol. The molecule has 0 fully saturated rings. The first-order valence-electron chi connectivity index (χ1n) is 8.72. The summed E-state index contributed by atoms with van der Waals surface area (Å²) in [6, 6.07) is 11.7. The molecule has 2 aromatic heterocycles. The zero-order valence-corrected chi connectivity index (χ0v) is 16.3. The lowest BCUT2D eigenvalue weighted by Crippen LogP contribution is -2.21. The number of amides is 1. The highest BCUT2D eigenvalue weighted by Crippen LogP contribution is 2.32. The molecule has 0 spiro atoms. The van der Waals surface area contributed by atoms with Crippen molar-refractivity contribution in [2.24, 2.45) is 0 Å². The highest BCUT2D eigenvalue weighted by Gasteiger charge is 2.19. The Bertz CT molecular complexity index is 892. The third kappa shape index (κ3) is 3.80. The van der Waals surface area contributed by atoms with Gasteiger partial charge in [0.1, 0.15) is 11.5 Å². The summed E-state index contributed by atoms with van der Waals surface area (Å²) in [6.45, 7) is 10.00. The van der Waals surface area contributed by atoms with Crippen LogP contribution >= 0.6 is 11.3 Å². The second kappa shape index (κ2) is 7.74. The normalized spacial score (nSPS) is 10.8. The highest BCUT2D eigenvalue weighted by molar-refractivity contribution is 7.15. The van der Waals surface area contributed by atoms with Gasteiger partial charge in [-0.25, -0.2) is 0 Å². The Hall–Kier alpha value is -2.60. The quantitative estimate of drug-likeness (QED) is 0.655. The molecule has 1 amide bonds. The Labute approximate surface area is 157 Å². The molecule has 0 saturated heterocycles. The van der Waals surface area contributed by atoms with Crippen molar-refractivity contribution >= 4 is 28.6 Å². The largest absolute Gasteiger partial charge is 0.372 e. The Morgan fingerprint density at radius 1 is 1.15 bits per heavy atom. The first-order valence-corrected chi connectivity index (χ1v) is 9.54. The Morgan fingerprint density at radius 2 is 1.85 bits per heavy atom. The summed E-state index contributed by atoms with van der Waals surface area (Å²) in [4.78, 5) is 16.9. The number of thiophene rings is 1. The summed E-state index contributed by atoms with van der Waals surface area (Å²) >= 11 is 1.54. The third-order valence-corrected chi connectivity index (χ3v) is 5.29. The molecule has 3 aromatic rings. The maximum atomic E-state index is 12.8. The molecule has 0 radical (unpaired) electrons. The number of aromatic nitrogens is 1. The number of carbonyl (C=O) groups excluding carboxylic acids is 1. The smallest absolute Gasteiger partial charge is 0.257 e. The minimum Gasteiger partial charge on any atom is -0.372 e. The molecule has 5 nitrogen and oxygen atoms in total. The van der Waals surface area contributed by atoms with E-state index in [1.807, 2.05) is 50.2 Å². The van der Waals surface area contributed by atoms with Crippen LogP contribution in [0.5, 0.6) is 0 Å². The third-order valence-electron chi connectivity index (χ3n) is 4.21. The van der Waals surface area contributed by atoms with Gasteiger partial charge in [0.15, 0.2) is 0 Å². The minimum absolute atomic E-state index is 0.138. The number of rotatable bonds is 6. The SMILES string of the molecule is CCN(CC)c1ccc(NC(=O)c2cc(C)sc2-c2cc(C)on2)cc1. The molecule has 136 valence electrons. The molecule has 26 heavy (non-hydrogen) atoms. The van der Waals surface area contributed by atoms with Crippen molar-refractivity contribution in [1.82, 2.24) is 5.16 Å². The standard InChI is InChI=1S/C20H23N3O2S/c1-5-23(6-2)16-9-7-15(8-10-16)21-20(24)17-12-14(4)26-19(17)18-11-13(3)25-22-18/h7-12H,5-6H2,1-4H3,(H,21,24). The van der Waals surface area contributed by atoms with Crippen LogP contribution in [0.4, 0.5) is 11.4 Å². The van der Waals surface area contributed by atoms with Crippen molar-refractivity contribution in [3.8, 4) is 10.6 Å². The summed E-state index contributed by atoms with van der Waals surface area (Å²) in [7, 11) is 0. The molecule has 0 atom stereocenters. The van der Waals surface area contributed by atoms with E-state index in [0.29, 0.717) is 11.3 Å². The fourth-order valence-electron chi connectivity index (χ4n) is 2.89. The number of benzene rings is 1. The molecule has 0 saturated carbocycles. The van der Waals surface area contributed by atoms with Gasteiger partial charge in [-0.3, -0.25) is 4.79 Å². The zero-order valence-electron chi connectivity index (χ0n) is 15.5. The molecule has 0 bridgehead atoms. The molecular weight excluding hydrogens is 346 g/mol. The Morgan fingerprint density at radius 3 is 2.42 bits per heavy atom. The van der Waals surface area contributed by atoms with E-state index in [1.54, 1.807) is 11.3 Å². The van der Waals surface area contributed by atoms with Gasteiger partial charge in [-0.1, -0.05) is 5.16 Å². The first-order chi connectivity index (χ1) is 12.5. The van der Waals surface area contributed by atoms with Gasteiger partial charge in [0.25, 0.3) is 5.91 Å². The van der Waals surface area contributed by atoms with Crippen LogP contribution in [0.25, 0.3) is 10.6 Å². The van der Waals surface area contributed by atoms with Gasteiger partial charge in [-0.05, 0) is 58.0 Å². The van der Waals surface area contributed by atoms with Crippen molar-refractivity contribution in [3.05, 3.63) is 52.6 Å². The van der Waals surface area contributed by atoms with Crippen LogP contribution in [0.1, 0.15) is 34.8 Å². The number of carbonyl (C=O) groups is 1. The van der Waals surface area contributed by atoms with Crippen molar-refractivity contribution in [1.29, 1.82) is 0 Å². The predicted molar refractivity (Wildman–Crippen MR) is 107 cm³/mol. The fourth-order valence-corrected chi connectivity index (χ4v) is 3.85. The van der Waals surface area contributed by atoms with Gasteiger partial charge >= 0.3 is 0 Å². The summed E-state index contributed by atoms with van der Waals surface area (Å²) in [5, 5.41) is 7.03. The molecule has 6 heteroatoms. The first kappa shape index (κ1) is 18.2.